The van der Waals surface area contributed by atoms with E-state index in [1.165, 1.54) is 23.8 Å². The van der Waals surface area contributed by atoms with Gasteiger partial charge in [0.1, 0.15) is 11.3 Å². The van der Waals surface area contributed by atoms with E-state index < -0.39 is 0 Å². The van der Waals surface area contributed by atoms with Gasteiger partial charge in [-0.1, -0.05) is 51.8 Å². The molecule has 1 aromatic carbocycles. The number of benzene rings is 1. The van der Waals surface area contributed by atoms with E-state index in [0.29, 0.717) is 0 Å². The summed E-state index contributed by atoms with van der Waals surface area (Å²) in [7, 11) is 0. The molecule has 0 bridgehead atoms. The number of hydrogen-bond acceptors (Lipinski definition) is 2. The van der Waals surface area contributed by atoms with Crippen LogP contribution in [0.1, 0.15) is 57.9 Å². The van der Waals surface area contributed by atoms with E-state index in [0.717, 1.165) is 30.2 Å². The molecule has 1 heterocycles. The van der Waals surface area contributed by atoms with E-state index in [1.54, 1.807) is 0 Å². The van der Waals surface area contributed by atoms with Crippen molar-refractivity contribution in [3.05, 3.63) is 35.6 Å². The van der Waals surface area contributed by atoms with Crippen molar-refractivity contribution in [3.8, 4) is 0 Å². The lowest BCUT2D eigenvalue weighted by Gasteiger charge is -2.18. The smallest absolute Gasteiger partial charge is 0.134 e. The van der Waals surface area contributed by atoms with E-state index >= 15 is 0 Å². The predicted molar refractivity (Wildman–Crippen MR) is 86.1 cm³/mol. The second kappa shape index (κ2) is 6.94. The van der Waals surface area contributed by atoms with Crippen LogP contribution >= 0.6 is 0 Å². The summed E-state index contributed by atoms with van der Waals surface area (Å²) >= 11 is 0. The number of rotatable bonds is 7. The molecule has 0 amide bonds. The van der Waals surface area contributed by atoms with Gasteiger partial charge in [0.2, 0.25) is 0 Å². The third kappa shape index (κ3) is 3.06. The lowest BCUT2D eigenvalue weighted by molar-refractivity contribution is 0.388. The molecule has 20 heavy (non-hydrogen) atoms. The van der Waals surface area contributed by atoms with E-state index in [2.05, 4.69) is 51.2 Å². The first-order chi connectivity index (χ1) is 9.71. The van der Waals surface area contributed by atoms with Gasteiger partial charge in [0.05, 0.1) is 6.04 Å². The minimum absolute atomic E-state index is 0.276. The summed E-state index contributed by atoms with van der Waals surface area (Å²) in [6.07, 6.45) is 3.48. The highest BCUT2D eigenvalue weighted by Gasteiger charge is 2.18. The molecular formula is C18H27NO. The third-order valence-corrected chi connectivity index (χ3v) is 4.34. The number of fused-ring (bicyclic) bond motifs is 1. The largest absolute Gasteiger partial charge is 0.459 e. The van der Waals surface area contributed by atoms with Crippen LogP contribution in [0.3, 0.4) is 0 Å². The Bertz CT molecular complexity index is 539. The number of nitrogens with one attached hydrogen (secondary N) is 1. The Kier molecular flexibility index (Phi) is 5.24. The molecule has 0 fully saturated rings. The Balaban J connectivity index is 2.19. The van der Waals surface area contributed by atoms with Gasteiger partial charge in [-0.2, -0.15) is 0 Å². The molecule has 1 atom stereocenters. The normalized spacial score (nSPS) is 13.2. The minimum atomic E-state index is 0.276. The quantitative estimate of drug-likeness (QED) is 0.760. The highest BCUT2D eigenvalue weighted by atomic mass is 16.3. The second-order valence-corrected chi connectivity index (χ2v) is 5.61. The van der Waals surface area contributed by atoms with Crippen LogP contribution in [0.5, 0.6) is 0 Å². The highest BCUT2D eigenvalue weighted by molar-refractivity contribution is 5.82. The Labute approximate surface area is 122 Å². The van der Waals surface area contributed by atoms with Gasteiger partial charge < -0.3 is 9.73 Å². The summed E-state index contributed by atoms with van der Waals surface area (Å²) in [6, 6.07) is 8.62. The maximum atomic E-state index is 6.09. The molecule has 0 radical (unpaired) electrons. The van der Waals surface area contributed by atoms with Crippen LogP contribution in [0.25, 0.3) is 11.0 Å². The summed E-state index contributed by atoms with van der Waals surface area (Å²) in [5.41, 5.74) is 2.36. The van der Waals surface area contributed by atoms with Crippen LogP contribution in [0.2, 0.25) is 0 Å². The molecule has 2 rings (SSSR count). The van der Waals surface area contributed by atoms with Crippen molar-refractivity contribution in [2.24, 2.45) is 5.92 Å². The minimum Gasteiger partial charge on any atom is -0.459 e. The van der Waals surface area contributed by atoms with Gasteiger partial charge in [-0.05, 0) is 31.9 Å². The van der Waals surface area contributed by atoms with Crippen molar-refractivity contribution < 1.29 is 4.42 Å². The van der Waals surface area contributed by atoms with Crippen LogP contribution in [0.4, 0.5) is 0 Å². The van der Waals surface area contributed by atoms with Crippen molar-refractivity contribution >= 4 is 11.0 Å². The molecule has 2 nitrogen and oxygen atoms in total. The average Bonchev–Trinajstić information content (AvgIpc) is 2.86. The van der Waals surface area contributed by atoms with Crippen LogP contribution in [-0.4, -0.2) is 6.54 Å². The van der Waals surface area contributed by atoms with E-state index in [4.69, 9.17) is 4.42 Å². The summed E-state index contributed by atoms with van der Waals surface area (Å²) in [6.45, 7) is 10.0. The van der Waals surface area contributed by atoms with Crippen molar-refractivity contribution in [1.29, 1.82) is 0 Å². The maximum absolute atomic E-state index is 6.09. The topological polar surface area (TPSA) is 25.2 Å². The van der Waals surface area contributed by atoms with Crippen LogP contribution in [0, 0.1) is 5.92 Å². The van der Waals surface area contributed by atoms with Gasteiger partial charge in [0.25, 0.3) is 0 Å². The van der Waals surface area contributed by atoms with Crippen LogP contribution in [0.15, 0.2) is 28.7 Å². The SMILES string of the molecule is CCc1c(C(C)NCC(CC)CC)oc2ccccc12. The molecule has 2 aromatic rings. The Hall–Kier alpha value is -1.28. The first-order valence-electron chi connectivity index (χ1n) is 7.94. The first-order valence-corrected chi connectivity index (χ1v) is 7.94. The van der Waals surface area contributed by atoms with Gasteiger partial charge in [0, 0.05) is 10.9 Å². The Morgan fingerprint density at radius 1 is 1.10 bits per heavy atom. The van der Waals surface area contributed by atoms with Gasteiger partial charge in [-0.3, -0.25) is 0 Å². The predicted octanol–water partition coefficient (Wildman–Crippen LogP) is 5.08. The standard InChI is InChI=1S/C18H27NO/c1-5-14(6-2)12-19-13(4)18-15(7-3)16-10-8-9-11-17(16)20-18/h8-11,13-14,19H,5-7,12H2,1-4H3. The molecule has 0 saturated carbocycles. The monoisotopic (exact) mass is 273 g/mol. The van der Waals surface area contributed by atoms with E-state index in [-0.39, 0.29) is 6.04 Å². The molecule has 0 aliphatic carbocycles. The van der Waals surface area contributed by atoms with Gasteiger partial charge in [-0.25, -0.2) is 0 Å². The molecule has 1 unspecified atom stereocenters. The number of hydrogen-bond donors (Lipinski definition) is 1. The number of furan rings is 1. The molecule has 0 saturated heterocycles. The highest BCUT2D eigenvalue weighted by Crippen LogP contribution is 2.30. The molecule has 1 N–H and O–H groups in total. The third-order valence-electron chi connectivity index (χ3n) is 4.34. The molecule has 110 valence electrons. The average molecular weight is 273 g/mol. The molecular weight excluding hydrogens is 246 g/mol. The van der Waals surface area contributed by atoms with Gasteiger partial charge in [-0.15, -0.1) is 0 Å². The summed E-state index contributed by atoms with van der Waals surface area (Å²) < 4.78 is 6.09. The van der Waals surface area contributed by atoms with E-state index in [1.807, 2.05) is 6.07 Å². The Morgan fingerprint density at radius 3 is 2.45 bits per heavy atom. The van der Waals surface area contributed by atoms with Crippen molar-refractivity contribution in [2.75, 3.05) is 6.54 Å². The van der Waals surface area contributed by atoms with Crippen molar-refractivity contribution in [1.82, 2.24) is 5.32 Å². The first kappa shape index (κ1) is 15.1. The molecule has 0 aliphatic heterocycles. The fourth-order valence-electron chi connectivity index (χ4n) is 2.85. The Morgan fingerprint density at radius 2 is 1.80 bits per heavy atom. The second-order valence-electron chi connectivity index (χ2n) is 5.61. The zero-order valence-corrected chi connectivity index (χ0v) is 13.2. The summed E-state index contributed by atoms with van der Waals surface area (Å²) in [5, 5.41) is 4.91. The zero-order valence-electron chi connectivity index (χ0n) is 13.2. The fourth-order valence-corrected chi connectivity index (χ4v) is 2.85. The number of aryl methyl sites for hydroxylation is 1. The molecule has 1 aromatic heterocycles. The molecule has 2 heteroatoms. The van der Waals surface area contributed by atoms with Crippen LogP contribution in [-0.2, 0) is 6.42 Å². The van der Waals surface area contributed by atoms with Gasteiger partial charge >= 0.3 is 0 Å². The summed E-state index contributed by atoms with van der Waals surface area (Å²) in [5.74, 6) is 1.87. The summed E-state index contributed by atoms with van der Waals surface area (Å²) in [4.78, 5) is 0. The van der Waals surface area contributed by atoms with E-state index in [9.17, 15) is 0 Å². The van der Waals surface area contributed by atoms with Crippen molar-refractivity contribution in [2.45, 2.75) is 53.0 Å². The molecule has 0 aliphatic rings. The fraction of sp³-hybridized carbons (Fsp3) is 0.556. The molecule has 0 spiro atoms. The van der Waals surface area contributed by atoms with Crippen molar-refractivity contribution in [3.63, 3.8) is 0 Å². The van der Waals surface area contributed by atoms with Crippen LogP contribution < -0.4 is 5.32 Å². The lowest BCUT2D eigenvalue weighted by Crippen LogP contribution is -2.25. The maximum Gasteiger partial charge on any atom is 0.134 e. The number of para-hydroxylation sites is 1. The lowest BCUT2D eigenvalue weighted by atomic mass is 10.0. The van der Waals surface area contributed by atoms with Gasteiger partial charge in [0.15, 0.2) is 0 Å². The zero-order chi connectivity index (χ0) is 14.5.